The second-order valence-electron chi connectivity index (χ2n) is 9.13. The highest BCUT2D eigenvalue weighted by molar-refractivity contribution is 5.98. The lowest BCUT2D eigenvalue weighted by Crippen LogP contribution is -2.38. The average Bonchev–Trinajstić information content (AvgIpc) is 3.46. The number of rotatable bonds is 8. The van der Waals surface area contributed by atoms with E-state index in [1.54, 1.807) is 4.90 Å². The van der Waals surface area contributed by atoms with Crippen LogP contribution in [0.25, 0.3) is 22.2 Å². The smallest absolute Gasteiger partial charge is 0.229 e. The van der Waals surface area contributed by atoms with Gasteiger partial charge < -0.3 is 9.88 Å². The molecule has 0 fully saturated rings. The average molecular weight is 470 g/mol. The molecule has 0 bridgehead atoms. The summed E-state index contributed by atoms with van der Waals surface area (Å²) in [5.41, 5.74) is 5.45. The van der Waals surface area contributed by atoms with Gasteiger partial charge in [0, 0.05) is 61.7 Å². The van der Waals surface area contributed by atoms with Crippen LogP contribution in [0.2, 0.25) is 0 Å². The molecule has 1 aliphatic heterocycles. The Bertz CT molecular complexity index is 1370. The summed E-state index contributed by atoms with van der Waals surface area (Å²) in [6.45, 7) is 3.72. The summed E-state index contributed by atoms with van der Waals surface area (Å²) < 4.78 is 4.02. The standard InChI is InChI=1S/C28H31N5O2/c1-3-20-10-12-21(13-11-20)18-29-26(34)9-6-15-32-27-17-24(30-33(27)16-14-28(32)35)23-19-31(2)25-8-5-4-7-22(23)25/h4-5,7-8,10-13,17,19H,3,6,9,14-16,18H2,1-2H3,(H,29,34). The van der Waals surface area contributed by atoms with Crippen LogP contribution in [0.4, 0.5) is 5.82 Å². The molecule has 2 aromatic heterocycles. The number of hydrogen-bond donors (Lipinski definition) is 1. The van der Waals surface area contributed by atoms with Gasteiger partial charge >= 0.3 is 0 Å². The highest BCUT2D eigenvalue weighted by atomic mass is 16.2. The van der Waals surface area contributed by atoms with Gasteiger partial charge in [-0.2, -0.15) is 5.10 Å². The van der Waals surface area contributed by atoms with Gasteiger partial charge in [0.15, 0.2) is 0 Å². The zero-order valence-corrected chi connectivity index (χ0v) is 20.3. The van der Waals surface area contributed by atoms with Crippen molar-refractivity contribution < 1.29 is 9.59 Å². The van der Waals surface area contributed by atoms with Crippen LogP contribution in [0.15, 0.2) is 60.8 Å². The molecule has 3 heterocycles. The Morgan fingerprint density at radius 1 is 1.09 bits per heavy atom. The number of carbonyl (C=O) groups excluding carboxylic acids is 2. The fourth-order valence-corrected chi connectivity index (χ4v) is 4.75. The molecular formula is C28H31N5O2. The topological polar surface area (TPSA) is 72.2 Å². The highest BCUT2D eigenvalue weighted by Crippen LogP contribution is 2.33. The third-order valence-corrected chi connectivity index (χ3v) is 6.75. The number of aromatic nitrogens is 3. The van der Waals surface area contributed by atoms with Crippen LogP contribution >= 0.6 is 0 Å². The van der Waals surface area contributed by atoms with Crippen molar-refractivity contribution >= 4 is 28.5 Å². The van der Waals surface area contributed by atoms with E-state index in [9.17, 15) is 9.59 Å². The van der Waals surface area contributed by atoms with Crippen molar-refractivity contribution in [3.8, 4) is 11.3 Å². The maximum Gasteiger partial charge on any atom is 0.229 e. The van der Waals surface area contributed by atoms with Gasteiger partial charge in [-0.1, -0.05) is 49.4 Å². The summed E-state index contributed by atoms with van der Waals surface area (Å²) in [6, 6.07) is 18.6. The van der Waals surface area contributed by atoms with Crippen LogP contribution in [0.5, 0.6) is 0 Å². The number of benzene rings is 2. The van der Waals surface area contributed by atoms with Crippen LogP contribution in [-0.2, 0) is 36.1 Å². The largest absolute Gasteiger partial charge is 0.352 e. The Labute approximate surface area is 205 Å². The number of anilines is 1. The Hall–Kier alpha value is -3.87. The number of aryl methyl sites for hydroxylation is 3. The first-order valence-electron chi connectivity index (χ1n) is 12.3. The van der Waals surface area contributed by atoms with E-state index in [4.69, 9.17) is 5.10 Å². The normalized spacial score (nSPS) is 13.3. The van der Waals surface area contributed by atoms with Crippen molar-refractivity contribution in [1.29, 1.82) is 0 Å². The summed E-state index contributed by atoms with van der Waals surface area (Å²) in [5, 5.41) is 8.95. The molecule has 0 saturated carbocycles. The molecule has 0 spiro atoms. The Morgan fingerprint density at radius 3 is 2.66 bits per heavy atom. The van der Waals surface area contributed by atoms with Crippen molar-refractivity contribution in [3.05, 3.63) is 71.9 Å². The van der Waals surface area contributed by atoms with E-state index in [-0.39, 0.29) is 11.8 Å². The Morgan fingerprint density at radius 2 is 1.86 bits per heavy atom. The number of fused-ring (bicyclic) bond motifs is 2. The summed E-state index contributed by atoms with van der Waals surface area (Å²) in [6.07, 6.45) is 4.49. The van der Waals surface area contributed by atoms with E-state index in [1.165, 1.54) is 5.56 Å². The fourth-order valence-electron chi connectivity index (χ4n) is 4.75. The molecule has 4 aromatic rings. The zero-order chi connectivity index (χ0) is 24.4. The van der Waals surface area contributed by atoms with E-state index >= 15 is 0 Å². The quantitative estimate of drug-likeness (QED) is 0.415. The second-order valence-corrected chi connectivity index (χ2v) is 9.13. The molecule has 7 heteroatoms. The number of para-hydroxylation sites is 1. The molecule has 2 aromatic carbocycles. The van der Waals surface area contributed by atoms with Gasteiger partial charge in [0.25, 0.3) is 0 Å². The fraction of sp³-hybridized carbons (Fsp3) is 0.321. The van der Waals surface area contributed by atoms with Crippen molar-refractivity contribution in [2.45, 2.75) is 45.7 Å². The monoisotopic (exact) mass is 469 g/mol. The minimum Gasteiger partial charge on any atom is -0.352 e. The lowest BCUT2D eigenvalue weighted by Gasteiger charge is -2.27. The number of nitrogens with zero attached hydrogens (tertiary/aromatic N) is 4. The molecule has 0 aliphatic carbocycles. The zero-order valence-electron chi connectivity index (χ0n) is 20.3. The third-order valence-electron chi connectivity index (χ3n) is 6.75. The van der Waals surface area contributed by atoms with E-state index in [2.05, 4.69) is 59.4 Å². The molecule has 1 N–H and O–H groups in total. The van der Waals surface area contributed by atoms with Gasteiger partial charge in [0.2, 0.25) is 11.8 Å². The second kappa shape index (κ2) is 9.78. The van der Waals surface area contributed by atoms with Gasteiger partial charge in [0.05, 0.1) is 12.2 Å². The predicted molar refractivity (Wildman–Crippen MR) is 138 cm³/mol. The van der Waals surface area contributed by atoms with E-state index in [0.29, 0.717) is 38.9 Å². The first-order valence-corrected chi connectivity index (χ1v) is 12.3. The van der Waals surface area contributed by atoms with Gasteiger partial charge in [-0.3, -0.25) is 14.5 Å². The summed E-state index contributed by atoms with van der Waals surface area (Å²) >= 11 is 0. The predicted octanol–water partition coefficient (Wildman–Crippen LogP) is 4.44. The maximum absolute atomic E-state index is 12.7. The van der Waals surface area contributed by atoms with Gasteiger partial charge in [-0.05, 0) is 30.0 Å². The molecule has 1 aliphatic rings. The van der Waals surface area contributed by atoms with Crippen molar-refractivity contribution in [2.24, 2.45) is 7.05 Å². The SMILES string of the molecule is CCc1ccc(CNC(=O)CCCN2C(=O)CCn3nc(-c4cn(C)c5ccccc45)cc32)cc1. The van der Waals surface area contributed by atoms with Crippen molar-refractivity contribution in [1.82, 2.24) is 19.7 Å². The highest BCUT2D eigenvalue weighted by Gasteiger charge is 2.27. The molecule has 0 radical (unpaired) electrons. The van der Waals surface area contributed by atoms with Crippen LogP contribution in [0, 0.1) is 0 Å². The van der Waals surface area contributed by atoms with Crippen LogP contribution in [0.1, 0.15) is 37.3 Å². The van der Waals surface area contributed by atoms with Crippen molar-refractivity contribution in [2.75, 3.05) is 11.4 Å². The molecule has 5 rings (SSSR count). The van der Waals surface area contributed by atoms with E-state index in [1.807, 2.05) is 29.9 Å². The molecular weight excluding hydrogens is 438 g/mol. The van der Waals surface area contributed by atoms with Gasteiger partial charge in [0.1, 0.15) is 5.82 Å². The molecule has 0 unspecified atom stereocenters. The van der Waals surface area contributed by atoms with Gasteiger partial charge in [-0.25, -0.2) is 4.68 Å². The first-order chi connectivity index (χ1) is 17.0. The van der Waals surface area contributed by atoms with Crippen LogP contribution in [0.3, 0.4) is 0 Å². The molecule has 7 nitrogen and oxygen atoms in total. The Kier molecular flexibility index (Phi) is 6.40. The summed E-state index contributed by atoms with van der Waals surface area (Å²) in [5.74, 6) is 0.887. The number of nitrogens with one attached hydrogen (secondary N) is 1. The van der Waals surface area contributed by atoms with Crippen LogP contribution in [-0.4, -0.2) is 32.7 Å². The lowest BCUT2D eigenvalue weighted by atomic mass is 10.1. The third kappa shape index (κ3) is 4.71. The minimum absolute atomic E-state index is 0.000946. The summed E-state index contributed by atoms with van der Waals surface area (Å²) in [7, 11) is 2.03. The lowest BCUT2D eigenvalue weighted by molar-refractivity contribution is -0.122. The van der Waals surface area contributed by atoms with Gasteiger partial charge in [-0.15, -0.1) is 0 Å². The first kappa shape index (κ1) is 22.9. The summed E-state index contributed by atoms with van der Waals surface area (Å²) in [4.78, 5) is 26.9. The number of amides is 2. The van der Waals surface area contributed by atoms with E-state index in [0.717, 1.165) is 40.0 Å². The molecule has 180 valence electrons. The number of carbonyl (C=O) groups is 2. The maximum atomic E-state index is 12.7. The molecule has 2 amide bonds. The molecule has 0 atom stereocenters. The molecule has 35 heavy (non-hydrogen) atoms. The number of hydrogen-bond acceptors (Lipinski definition) is 3. The van der Waals surface area contributed by atoms with Crippen molar-refractivity contribution in [3.63, 3.8) is 0 Å². The van der Waals surface area contributed by atoms with E-state index < -0.39 is 0 Å². The van der Waals surface area contributed by atoms with Crippen LogP contribution < -0.4 is 10.2 Å². The minimum atomic E-state index is -0.000946. The molecule has 0 saturated heterocycles. The Balaban J connectivity index is 1.23.